The summed E-state index contributed by atoms with van der Waals surface area (Å²) in [7, 11) is 0. The van der Waals surface area contributed by atoms with Gasteiger partial charge >= 0.3 is 30.3 Å². The Bertz CT molecular complexity index is 1290. The molecule has 15 heteroatoms. The molecule has 3 saturated carbocycles. The van der Waals surface area contributed by atoms with Gasteiger partial charge in [0, 0.05) is 6.61 Å². The number of halogens is 6. The van der Waals surface area contributed by atoms with Crippen molar-refractivity contribution in [2.24, 2.45) is 57.8 Å². The summed E-state index contributed by atoms with van der Waals surface area (Å²) >= 11 is 0. The Balaban J connectivity index is 0.000000707. The van der Waals surface area contributed by atoms with E-state index in [4.69, 9.17) is 40.7 Å². The Morgan fingerprint density at radius 2 is 1.40 bits per heavy atom. The second-order valence-electron chi connectivity index (χ2n) is 18.1. The molecule has 9 unspecified atom stereocenters. The lowest BCUT2D eigenvalue weighted by molar-refractivity contribution is -0.193. The van der Waals surface area contributed by atoms with E-state index in [1.807, 2.05) is 0 Å². The summed E-state index contributed by atoms with van der Waals surface area (Å²) < 4.78 is 75.3. The minimum absolute atomic E-state index is 0.269. The molecular formula is C43H72F6N2O7. The van der Waals surface area contributed by atoms with Crippen molar-refractivity contribution in [2.75, 3.05) is 19.8 Å². The molecule has 0 spiro atoms. The van der Waals surface area contributed by atoms with E-state index in [1.54, 1.807) is 5.57 Å². The van der Waals surface area contributed by atoms with Gasteiger partial charge in [0.2, 0.25) is 0 Å². The second kappa shape index (κ2) is 23.6. The summed E-state index contributed by atoms with van der Waals surface area (Å²) in [5.41, 5.74) is 14.1. The van der Waals surface area contributed by atoms with Crippen molar-refractivity contribution in [3.05, 3.63) is 11.6 Å². The van der Waals surface area contributed by atoms with Crippen molar-refractivity contribution < 1.29 is 60.4 Å². The number of rotatable bonds is 18. The number of aliphatic carboxylic acids is 2. The van der Waals surface area contributed by atoms with Crippen LogP contribution in [0.4, 0.5) is 26.3 Å². The summed E-state index contributed by atoms with van der Waals surface area (Å²) in [5.74, 6) is -0.404. The van der Waals surface area contributed by atoms with Crippen molar-refractivity contribution in [2.45, 2.75) is 175 Å². The number of hydrogen-bond acceptors (Lipinski definition) is 7. The lowest BCUT2D eigenvalue weighted by Gasteiger charge is -2.58. The highest BCUT2D eigenvalue weighted by molar-refractivity contribution is 5.75. The molecule has 4 aliphatic carbocycles. The fourth-order valence-electron chi connectivity index (χ4n) is 10.5. The number of carbonyl (C=O) groups excluding carboxylic acids is 1. The van der Waals surface area contributed by atoms with Crippen LogP contribution in [-0.2, 0) is 23.9 Å². The summed E-state index contributed by atoms with van der Waals surface area (Å²) in [5, 5.41) is 14.2. The molecule has 0 aromatic carbocycles. The molecule has 9 atom stereocenters. The number of ether oxygens (including phenoxy) is 2. The van der Waals surface area contributed by atoms with Gasteiger partial charge in [-0.3, -0.25) is 4.79 Å². The number of esters is 1. The SMILES string of the molecule is CC(C)CCCC(C)C1CCC2C3CC=C4CC(OCCCCCCOC(=O)C(N)CCCCN)CCC4(C)C3CCC12C.O=C(O)C(F)(F)F.O=C(O)C(F)(F)F. The monoisotopic (exact) mass is 843 g/mol. The van der Waals surface area contributed by atoms with Gasteiger partial charge in [0.25, 0.3) is 0 Å². The number of carboxylic acid groups (broad SMARTS) is 2. The van der Waals surface area contributed by atoms with E-state index < -0.39 is 30.3 Å². The van der Waals surface area contributed by atoms with Gasteiger partial charge in [0.15, 0.2) is 0 Å². The highest BCUT2D eigenvalue weighted by Gasteiger charge is 2.59. The van der Waals surface area contributed by atoms with E-state index in [9.17, 15) is 31.1 Å². The summed E-state index contributed by atoms with van der Waals surface area (Å²) in [6, 6.07) is -0.510. The molecular weight excluding hydrogens is 770 g/mol. The first-order valence-electron chi connectivity index (χ1n) is 21.5. The van der Waals surface area contributed by atoms with E-state index in [0.717, 1.165) is 87.1 Å². The second-order valence-corrected chi connectivity index (χ2v) is 18.1. The van der Waals surface area contributed by atoms with Gasteiger partial charge in [-0.05, 0) is 136 Å². The molecule has 0 aliphatic heterocycles. The number of unbranched alkanes of at least 4 members (excludes halogenated alkanes) is 4. The van der Waals surface area contributed by atoms with Gasteiger partial charge in [-0.2, -0.15) is 26.3 Å². The highest BCUT2D eigenvalue weighted by Crippen LogP contribution is 2.67. The number of allylic oxidation sites excluding steroid dienone is 1. The molecule has 0 aromatic heterocycles. The number of carboxylic acids is 2. The van der Waals surface area contributed by atoms with E-state index in [1.165, 1.54) is 64.2 Å². The van der Waals surface area contributed by atoms with E-state index in [0.29, 0.717) is 36.5 Å². The largest absolute Gasteiger partial charge is 0.490 e. The summed E-state index contributed by atoms with van der Waals surface area (Å²) in [6.07, 6.45) is 14.6. The molecule has 0 radical (unpaired) electrons. The lowest BCUT2D eigenvalue weighted by atomic mass is 9.47. The van der Waals surface area contributed by atoms with Crippen molar-refractivity contribution in [1.82, 2.24) is 0 Å². The highest BCUT2D eigenvalue weighted by atomic mass is 19.4. The molecule has 3 fully saturated rings. The number of hydrogen-bond donors (Lipinski definition) is 4. The van der Waals surface area contributed by atoms with Gasteiger partial charge in [-0.15, -0.1) is 0 Å². The quantitative estimate of drug-likeness (QED) is 0.0455. The number of nitrogens with two attached hydrogens (primary N) is 2. The minimum Gasteiger partial charge on any atom is -0.475 e. The first-order chi connectivity index (χ1) is 27.0. The van der Waals surface area contributed by atoms with Crippen molar-refractivity contribution in [3.8, 4) is 0 Å². The Labute approximate surface area is 341 Å². The molecule has 6 N–H and O–H groups in total. The van der Waals surface area contributed by atoms with Gasteiger partial charge in [-0.25, -0.2) is 9.59 Å². The van der Waals surface area contributed by atoms with Gasteiger partial charge < -0.3 is 31.2 Å². The third-order valence-corrected chi connectivity index (χ3v) is 13.7. The zero-order valence-corrected chi connectivity index (χ0v) is 35.4. The van der Waals surface area contributed by atoms with Crippen LogP contribution in [-0.4, -0.2) is 72.4 Å². The molecule has 0 amide bonds. The van der Waals surface area contributed by atoms with Gasteiger partial charge in [0.1, 0.15) is 6.04 Å². The van der Waals surface area contributed by atoms with Crippen LogP contribution in [0.1, 0.15) is 150 Å². The van der Waals surface area contributed by atoms with E-state index in [2.05, 4.69) is 40.7 Å². The topological polar surface area (TPSA) is 162 Å². The average molecular weight is 843 g/mol. The minimum atomic E-state index is -5.08. The van der Waals surface area contributed by atoms with Crippen molar-refractivity contribution >= 4 is 17.9 Å². The van der Waals surface area contributed by atoms with Crippen LogP contribution >= 0.6 is 0 Å². The molecule has 338 valence electrons. The van der Waals surface area contributed by atoms with Crippen LogP contribution in [0.15, 0.2) is 11.6 Å². The molecule has 58 heavy (non-hydrogen) atoms. The Hall–Kier alpha value is -2.39. The zero-order valence-electron chi connectivity index (χ0n) is 35.4. The van der Waals surface area contributed by atoms with Crippen LogP contribution in [0, 0.1) is 46.3 Å². The third-order valence-electron chi connectivity index (χ3n) is 13.7. The average Bonchev–Trinajstić information content (AvgIpc) is 3.49. The van der Waals surface area contributed by atoms with Crippen LogP contribution < -0.4 is 11.5 Å². The standard InChI is InChI=1S/C39H70N2O3.2C2HF3O2/c1-28(2)13-12-14-29(3)33-18-19-34-32-17-16-30-27-31(20-22-38(30,4)35(32)21-23-39(33,34)5)43-25-10-6-7-11-26-44-37(42)36(41)15-8-9-24-40;2*3-2(4,5)1(6)7/h16,28-29,31-36H,6-15,17-27,40-41H2,1-5H3;2*(H,6,7). The first kappa shape index (κ1) is 51.8. The predicted octanol–water partition coefficient (Wildman–Crippen LogP) is 10.2. The Morgan fingerprint density at radius 3 is 1.97 bits per heavy atom. The lowest BCUT2D eigenvalue weighted by Crippen LogP contribution is -2.51. The molecule has 0 saturated heterocycles. The summed E-state index contributed by atoms with van der Waals surface area (Å²) in [6.45, 7) is 14.7. The number of fused-ring (bicyclic) bond motifs is 5. The van der Waals surface area contributed by atoms with Gasteiger partial charge in [0.05, 0.1) is 12.7 Å². The van der Waals surface area contributed by atoms with Crippen molar-refractivity contribution in [1.29, 1.82) is 0 Å². The fourth-order valence-corrected chi connectivity index (χ4v) is 10.5. The maximum Gasteiger partial charge on any atom is 0.490 e. The number of carbonyl (C=O) groups is 3. The van der Waals surface area contributed by atoms with Crippen LogP contribution in [0.3, 0.4) is 0 Å². The maximum absolute atomic E-state index is 12.0. The van der Waals surface area contributed by atoms with Crippen LogP contribution in [0.5, 0.6) is 0 Å². The smallest absolute Gasteiger partial charge is 0.475 e. The van der Waals surface area contributed by atoms with Crippen molar-refractivity contribution in [3.63, 3.8) is 0 Å². The molecule has 4 aliphatic rings. The van der Waals surface area contributed by atoms with Crippen LogP contribution in [0.2, 0.25) is 0 Å². The third kappa shape index (κ3) is 15.6. The first-order valence-corrected chi connectivity index (χ1v) is 21.5. The molecule has 9 nitrogen and oxygen atoms in total. The number of alkyl halides is 6. The molecule has 4 rings (SSSR count). The van der Waals surface area contributed by atoms with Crippen LogP contribution in [0.25, 0.3) is 0 Å². The maximum atomic E-state index is 12.0. The summed E-state index contributed by atoms with van der Waals surface area (Å²) in [4.78, 5) is 29.8. The molecule has 0 heterocycles. The molecule has 0 aromatic rings. The van der Waals surface area contributed by atoms with E-state index >= 15 is 0 Å². The Kier molecular flexibility index (Phi) is 21.0. The van der Waals surface area contributed by atoms with E-state index in [-0.39, 0.29) is 5.97 Å². The predicted molar refractivity (Wildman–Crippen MR) is 210 cm³/mol. The van der Waals surface area contributed by atoms with Gasteiger partial charge in [-0.1, -0.05) is 78.4 Å². The Morgan fingerprint density at radius 1 is 0.793 bits per heavy atom. The zero-order chi connectivity index (χ0) is 43.9. The normalized spacial score (nSPS) is 28.9. The fraction of sp³-hybridized carbons (Fsp3) is 0.884. The molecule has 0 bridgehead atoms.